The molecule has 0 amide bonds. The Balaban J connectivity index is 2.19. The fourth-order valence-electron chi connectivity index (χ4n) is 1.34. The summed E-state index contributed by atoms with van der Waals surface area (Å²) in [5, 5.41) is 3.00. The summed E-state index contributed by atoms with van der Waals surface area (Å²) in [6.45, 7) is 0. The van der Waals surface area contributed by atoms with Gasteiger partial charge in [-0.15, -0.1) is 0 Å². The number of nitrogens with one attached hydrogen (secondary N) is 1. The molecule has 0 aliphatic carbocycles. The topological polar surface area (TPSA) is 99.1 Å². The Kier molecular flexibility index (Phi) is 2.95. The van der Waals surface area contributed by atoms with Crippen LogP contribution in [0.25, 0.3) is 0 Å². The molecule has 0 aliphatic rings. The third-order valence-electron chi connectivity index (χ3n) is 2.11. The van der Waals surface area contributed by atoms with Crippen LogP contribution in [0.5, 0.6) is 5.75 Å². The summed E-state index contributed by atoms with van der Waals surface area (Å²) in [5.74, 6) is 1.80. The SMILES string of the molecule is COc1ccc(Nc2nc(N)cc(N)n2)cc1. The second-order valence-electron chi connectivity index (χ2n) is 3.39. The van der Waals surface area contributed by atoms with Gasteiger partial charge < -0.3 is 21.5 Å². The van der Waals surface area contributed by atoms with Gasteiger partial charge >= 0.3 is 0 Å². The first kappa shape index (κ1) is 11.0. The molecule has 1 aromatic heterocycles. The number of rotatable bonds is 3. The maximum Gasteiger partial charge on any atom is 0.231 e. The second kappa shape index (κ2) is 4.56. The van der Waals surface area contributed by atoms with Crippen molar-refractivity contribution in [3.8, 4) is 5.75 Å². The Labute approximate surface area is 98.6 Å². The minimum Gasteiger partial charge on any atom is -0.497 e. The Bertz CT molecular complexity index is 492. The van der Waals surface area contributed by atoms with Crippen LogP contribution in [0.2, 0.25) is 0 Å². The molecule has 2 rings (SSSR count). The molecule has 6 nitrogen and oxygen atoms in total. The van der Waals surface area contributed by atoms with E-state index in [1.54, 1.807) is 7.11 Å². The Morgan fingerprint density at radius 3 is 2.18 bits per heavy atom. The lowest BCUT2D eigenvalue weighted by atomic mass is 10.3. The normalized spacial score (nSPS) is 9.94. The van der Waals surface area contributed by atoms with E-state index in [4.69, 9.17) is 16.2 Å². The highest BCUT2D eigenvalue weighted by Crippen LogP contribution is 2.18. The summed E-state index contributed by atoms with van der Waals surface area (Å²) >= 11 is 0. The molecule has 17 heavy (non-hydrogen) atoms. The lowest BCUT2D eigenvalue weighted by molar-refractivity contribution is 0.415. The number of hydrogen-bond acceptors (Lipinski definition) is 6. The van der Waals surface area contributed by atoms with Gasteiger partial charge in [-0.2, -0.15) is 9.97 Å². The number of nitrogen functional groups attached to an aromatic ring is 2. The van der Waals surface area contributed by atoms with Gasteiger partial charge in [0.25, 0.3) is 0 Å². The smallest absolute Gasteiger partial charge is 0.231 e. The molecule has 0 saturated carbocycles. The number of ether oxygens (including phenoxy) is 1. The highest BCUT2D eigenvalue weighted by atomic mass is 16.5. The highest BCUT2D eigenvalue weighted by Gasteiger charge is 2.01. The lowest BCUT2D eigenvalue weighted by Crippen LogP contribution is -2.03. The number of anilines is 4. The average molecular weight is 231 g/mol. The van der Waals surface area contributed by atoms with Crippen molar-refractivity contribution in [2.75, 3.05) is 23.9 Å². The summed E-state index contributed by atoms with van der Waals surface area (Å²) in [6.07, 6.45) is 0. The van der Waals surface area contributed by atoms with E-state index in [1.165, 1.54) is 6.07 Å². The van der Waals surface area contributed by atoms with E-state index in [0.29, 0.717) is 17.6 Å². The van der Waals surface area contributed by atoms with E-state index < -0.39 is 0 Å². The summed E-state index contributed by atoms with van der Waals surface area (Å²) in [5.41, 5.74) is 12.0. The third-order valence-corrected chi connectivity index (χ3v) is 2.11. The van der Waals surface area contributed by atoms with Gasteiger partial charge in [0.15, 0.2) is 0 Å². The number of nitrogens with two attached hydrogens (primary N) is 2. The van der Waals surface area contributed by atoms with Crippen LogP contribution >= 0.6 is 0 Å². The fourth-order valence-corrected chi connectivity index (χ4v) is 1.34. The van der Waals surface area contributed by atoms with E-state index >= 15 is 0 Å². The minimum absolute atomic E-state index is 0.327. The molecule has 5 N–H and O–H groups in total. The van der Waals surface area contributed by atoms with Gasteiger partial charge in [-0.3, -0.25) is 0 Å². The van der Waals surface area contributed by atoms with Crippen LogP contribution in [0.4, 0.5) is 23.3 Å². The van der Waals surface area contributed by atoms with Crippen molar-refractivity contribution in [2.24, 2.45) is 0 Å². The van der Waals surface area contributed by atoms with E-state index in [0.717, 1.165) is 11.4 Å². The van der Waals surface area contributed by atoms with Crippen molar-refractivity contribution in [1.82, 2.24) is 9.97 Å². The van der Waals surface area contributed by atoms with Crippen molar-refractivity contribution in [2.45, 2.75) is 0 Å². The molecule has 88 valence electrons. The second-order valence-corrected chi connectivity index (χ2v) is 3.39. The zero-order valence-corrected chi connectivity index (χ0v) is 9.34. The van der Waals surface area contributed by atoms with Crippen molar-refractivity contribution < 1.29 is 4.74 Å². The highest BCUT2D eigenvalue weighted by molar-refractivity contribution is 5.57. The predicted octanol–water partition coefficient (Wildman–Crippen LogP) is 1.39. The molecule has 2 aromatic rings. The molecule has 1 heterocycles. The first-order valence-electron chi connectivity index (χ1n) is 4.98. The molecule has 0 aliphatic heterocycles. The molecule has 0 bridgehead atoms. The van der Waals surface area contributed by atoms with Gasteiger partial charge in [0, 0.05) is 11.8 Å². The Morgan fingerprint density at radius 1 is 1.06 bits per heavy atom. The molecular formula is C11H13N5O. The fraction of sp³-hybridized carbons (Fsp3) is 0.0909. The largest absolute Gasteiger partial charge is 0.497 e. The Hall–Kier alpha value is -2.50. The summed E-state index contributed by atoms with van der Waals surface area (Å²) < 4.78 is 5.06. The quantitative estimate of drug-likeness (QED) is 0.738. The van der Waals surface area contributed by atoms with E-state index in [-0.39, 0.29) is 0 Å². The average Bonchev–Trinajstić information content (AvgIpc) is 2.28. The molecule has 6 heteroatoms. The zero-order chi connectivity index (χ0) is 12.3. The van der Waals surface area contributed by atoms with Gasteiger partial charge in [0.2, 0.25) is 5.95 Å². The molecule has 0 saturated heterocycles. The number of methoxy groups -OCH3 is 1. The summed E-state index contributed by atoms with van der Waals surface area (Å²) in [7, 11) is 1.62. The molecule has 0 fully saturated rings. The van der Waals surface area contributed by atoms with Gasteiger partial charge in [-0.25, -0.2) is 0 Å². The first-order valence-corrected chi connectivity index (χ1v) is 4.98. The Morgan fingerprint density at radius 2 is 1.65 bits per heavy atom. The molecule has 0 spiro atoms. The lowest BCUT2D eigenvalue weighted by Gasteiger charge is -2.06. The number of benzene rings is 1. The first-order chi connectivity index (χ1) is 8.17. The van der Waals surface area contributed by atoms with Crippen molar-refractivity contribution in [3.63, 3.8) is 0 Å². The molecule has 0 atom stereocenters. The molecule has 1 aromatic carbocycles. The number of aromatic nitrogens is 2. The predicted molar refractivity (Wildman–Crippen MR) is 67.1 cm³/mol. The molecular weight excluding hydrogens is 218 g/mol. The molecule has 0 radical (unpaired) electrons. The van der Waals surface area contributed by atoms with Crippen LogP contribution in [0.3, 0.4) is 0 Å². The third kappa shape index (κ3) is 2.75. The van der Waals surface area contributed by atoms with Crippen LogP contribution < -0.4 is 21.5 Å². The van der Waals surface area contributed by atoms with Gasteiger partial charge in [0.1, 0.15) is 17.4 Å². The standard InChI is InChI=1S/C11H13N5O/c1-17-8-4-2-7(3-5-8)14-11-15-9(12)6-10(13)16-11/h2-6H,1H3,(H5,12,13,14,15,16). The summed E-state index contributed by atoms with van der Waals surface area (Å²) in [4.78, 5) is 8.03. The number of nitrogens with zero attached hydrogens (tertiary/aromatic N) is 2. The van der Waals surface area contributed by atoms with Crippen molar-refractivity contribution in [1.29, 1.82) is 0 Å². The van der Waals surface area contributed by atoms with Gasteiger partial charge in [-0.05, 0) is 24.3 Å². The monoisotopic (exact) mass is 231 g/mol. The van der Waals surface area contributed by atoms with Crippen molar-refractivity contribution in [3.05, 3.63) is 30.3 Å². The van der Waals surface area contributed by atoms with Crippen LogP contribution in [0.15, 0.2) is 30.3 Å². The van der Waals surface area contributed by atoms with Crippen LogP contribution in [-0.4, -0.2) is 17.1 Å². The molecule has 0 unspecified atom stereocenters. The van der Waals surface area contributed by atoms with E-state index in [9.17, 15) is 0 Å². The van der Waals surface area contributed by atoms with Gasteiger partial charge in [-0.1, -0.05) is 0 Å². The van der Waals surface area contributed by atoms with E-state index in [2.05, 4.69) is 15.3 Å². The van der Waals surface area contributed by atoms with Crippen LogP contribution in [0.1, 0.15) is 0 Å². The van der Waals surface area contributed by atoms with Crippen molar-refractivity contribution >= 4 is 23.3 Å². The van der Waals surface area contributed by atoms with Gasteiger partial charge in [0.05, 0.1) is 7.11 Å². The summed E-state index contributed by atoms with van der Waals surface area (Å²) in [6, 6.07) is 8.86. The van der Waals surface area contributed by atoms with Crippen LogP contribution in [-0.2, 0) is 0 Å². The maximum absolute atomic E-state index is 5.57. The number of hydrogen-bond donors (Lipinski definition) is 3. The maximum atomic E-state index is 5.57. The minimum atomic E-state index is 0.327. The zero-order valence-electron chi connectivity index (χ0n) is 9.34. The van der Waals surface area contributed by atoms with E-state index in [1.807, 2.05) is 24.3 Å². The van der Waals surface area contributed by atoms with Crippen LogP contribution in [0, 0.1) is 0 Å².